The minimum atomic E-state index is 0.172. The normalized spacial score (nSPS) is 12.0. The lowest BCUT2D eigenvalue weighted by molar-refractivity contribution is 0.141. The molecule has 1 atom stereocenters. The maximum Gasteiger partial charge on any atom is 0.162 e. The quantitative estimate of drug-likeness (QED) is 0.730. The number of hydrogen-bond donors (Lipinski definition) is 2. The molecule has 1 aromatic carbocycles. The van der Waals surface area contributed by atoms with Gasteiger partial charge in [0.15, 0.2) is 11.5 Å². The molecule has 0 fully saturated rings. The maximum absolute atomic E-state index is 5.96. The number of nitrogen functional groups attached to an aromatic ring is 1. The Balaban J connectivity index is 2.82. The van der Waals surface area contributed by atoms with Gasteiger partial charge >= 0.3 is 0 Å². The van der Waals surface area contributed by atoms with Crippen LogP contribution in [0.25, 0.3) is 0 Å². The molecular formula is C13H22N2O3. The summed E-state index contributed by atoms with van der Waals surface area (Å²) in [7, 11) is 3.18. The van der Waals surface area contributed by atoms with Crippen LogP contribution in [0.1, 0.15) is 13.8 Å². The van der Waals surface area contributed by atoms with E-state index in [1.165, 1.54) is 0 Å². The zero-order valence-corrected chi connectivity index (χ0v) is 11.4. The minimum absolute atomic E-state index is 0.172. The number of ether oxygens (including phenoxy) is 3. The Hall–Kier alpha value is -1.62. The lowest BCUT2D eigenvalue weighted by Gasteiger charge is -2.18. The molecule has 5 nitrogen and oxygen atoms in total. The van der Waals surface area contributed by atoms with Crippen molar-refractivity contribution in [3.8, 4) is 11.5 Å². The molecule has 0 spiro atoms. The molecule has 1 aromatic rings. The SMILES string of the molecule is CCOCC(C)Nc1cc(OC)c(OC)cc1N. The van der Waals surface area contributed by atoms with E-state index in [9.17, 15) is 0 Å². The summed E-state index contributed by atoms with van der Waals surface area (Å²) in [5.74, 6) is 1.27. The van der Waals surface area contributed by atoms with Crippen molar-refractivity contribution in [1.29, 1.82) is 0 Å². The monoisotopic (exact) mass is 254 g/mol. The lowest BCUT2D eigenvalue weighted by atomic mass is 10.2. The van der Waals surface area contributed by atoms with Crippen LogP contribution >= 0.6 is 0 Å². The van der Waals surface area contributed by atoms with Gasteiger partial charge in [-0.3, -0.25) is 0 Å². The van der Waals surface area contributed by atoms with E-state index in [1.54, 1.807) is 20.3 Å². The summed E-state index contributed by atoms with van der Waals surface area (Å²) in [6, 6.07) is 3.75. The molecule has 0 saturated carbocycles. The Kier molecular flexibility index (Phi) is 5.58. The van der Waals surface area contributed by atoms with E-state index in [-0.39, 0.29) is 6.04 Å². The first kappa shape index (κ1) is 14.4. The van der Waals surface area contributed by atoms with Crippen molar-refractivity contribution in [2.45, 2.75) is 19.9 Å². The second kappa shape index (κ2) is 6.96. The van der Waals surface area contributed by atoms with Gasteiger partial charge in [-0.1, -0.05) is 0 Å². The number of anilines is 2. The highest BCUT2D eigenvalue weighted by molar-refractivity contribution is 5.72. The Morgan fingerprint density at radius 2 is 1.83 bits per heavy atom. The van der Waals surface area contributed by atoms with Gasteiger partial charge in [0.1, 0.15) is 0 Å². The Morgan fingerprint density at radius 3 is 2.39 bits per heavy atom. The summed E-state index contributed by atoms with van der Waals surface area (Å²) in [4.78, 5) is 0. The number of rotatable bonds is 7. The Labute approximate surface area is 108 Å². The predicted molar refractivity (Wildman–Crippen MR) is 73.5 cm³/mol. The third-order valence-electron chi connectivity index (χ3n) is 2.53. The average Bonchev–Trinajstić information content (AvgIpc) is 2.38. The summed E-state index contributed by atoms with van der Waals surface area (Å²) in [5, 5.41) is 3.29. The van der Waals surface area contributed by atoms with Gasteiger partial charge in [-0.15, -0.1) is 0 Å². The fraction of sp³-hybridized carbons (Fsp3) is 0.538. The van der Waals surface area contributed by atoms with E-state index in [0.717, 1.165) is 5.69 Å². The summed E-state index contributed by atoms with van der Waals surface area (Å²) in [6.45, 7) is 5.33. The average molecular weight is 254 g/mol. The van der Waals surface area contributed by atoms with E-state index in [1.807, 2.05) is 19.9 Å². The molecule has 0 aromatic heterocycles. The third kappa shape index (κ3) is 3.70. The minimum Gasteiger partial charge on any atom is -0.493 e. The molecule has 5 heteroatoms. The molecule has 0 bridgehead atoms. The first-order valence-electron chi connectivity index (χ1n) is 5.98. The van der Waals surface area contributed by atoms with Crippen molar-refractivity contribution >= 4 is 11.4 Å². The van der Waals surface area contributed by atoms with Gasteiger partial charge in [-0.05, 0) is 13.8 Å². The van der Waals surface area contributed by atoms with Crippen LogP contribution in [0.15, 0.2) is 12.1 Å². The van der Waals surface area contributed by atoms with E-state index < -0.39 is 0 Å². The number of hydrogen-bond acceptors (Lipinski definition) is 5. The zero-order chi connectivity index (χ0) is 13.5. The van der Waals surface area contributed by atoms with Crippen molar-refractivity contribution in [3.05, 3.63) is 12.1 Å². The van der Waals surface area contributed by atoms with Crippen LogP contribution in [0.4, 0.5) is 11.4 Å². The van der Waals surface area contributed by atoms with Crippen molar-refractivity contribution < 1.29 is 14.2 Å². The molecule has 0 aliphatic heterocycles. The second-order valence-corrected chi connectivity index (χ2v) is 4.00. The van der Waals surface area contributed by atoms with Crippen LogP contribution < -0.4 is 20.5 Å². The third-order valence-corrected chi connectivity index (χ3v) is 2.53. The van der Waals surface area contributed by atoms with Crippen LogP contribution in [-0.4, -0.2) is 33.5 Å². The van der Waals surface area contributed by atoms with E-state index >= 15 is 0 Å². The van der Waals surface area contributed by atoms with Crippen LogP contribution in [0.2, 0.25) is 0 Å². The molecule has 0 radical (unpaired) electrons. The van der Waals surface area contributed by atoms with Gasteiger partial charge in [0.25, 0.3) is 0 Å². The zero-order valence-electron chi connectivity index (χ0n) is 11.4. The topological polar surface area (TPSA) is 65.7 Å². The van der Waals surface area contributed by atoms with Crippen molar-refractivity contribution in [1.82, 2.24) is 0 Å². The summed E-state index contributed by atoms with van der Waals surface area (Å²) >= 11 is 0. The highest BCUT2D eigenvalue weighted by Gasteiger charge is 2.11. The number of nitrogens with one attached hydrogen (secondary N) is 1. The molecule has 0 aliphatic carbocycles. The first-order valence-corrected chi connectivity index (χ1v) is 5.98. The van der Waals surface area contributed by atoms with Crippen LogP contribution in [-0.2, 0) is 4.74 Å². The molecule has 3 N–H and O–H groups in total. The molecule has 18 heavy (non-hydrogen) atoms. The molecule has 0 amide bonds. The number of nitrogens with two attached hydrogens (primary N) is 1. The van der Waals surface area contributed by atoms with E-state index in [0.29, 0.717) is 30.4 Å². The van der Waals surface area contributed by atoms with E-state index in [4.69, 9.17) is 19.9 Å². The fourth-order valence-corrected chi connectivity index (χ4v) is 1.62. The first-order chi connectivity index (χ1) is 8.62. The van der Waals surface area contributed by atoms with Crippen molar-refractivity contribution in [2.24, 2.45) is 0 Å². The molecule has 102 valence electrons. The second-order valence-electron chi connectivity index (χ2n) is 4.00. The van der Waals surface area contributed by atoms with Crippen molar-refractivity contribution in [3.63, 3.8) is 0 Å². The lowest BCUT2D eigenvalue weighted by Crippen LogP contribution is -2.22. The molecule has 1 unspecified atom stereocenters. The highest BCUT2D eigenvalue weighted by atomic mass is 16.5. The van der Waals surface area contributed by atoms with Gasteiger partial charge in [-0.2, -0.15) is 0 Å². The standard InChI is InChI=1S/C13H22N2O3/c1-5-18-8-9(2)15-11-7-13(17-4)12(16-3)6-10(11)14/h6-7,9,15H,5,8,14H2,1-4H3. The van der Waals surface area contributed by atoms with Gasteiger partial charge < -0.3 is 25.3 Å². The molecule has 0 saturated heterocycles. The van der Waals surface area contributed by atoms with E-state index in [2.05, 4.69) is 5.32 Å². The summed E-state index contributed by atoms with van der Waals surface area (Å²) in [6.07, 6.45) is 0. The number of benzene rings is 1. The van der Waals surface area contributed by atoms with Crippen LogP contribution in [0.3, 0.4) is 0 Å². The molecule has 0 aliphatic rings. The van der Waals surface area contributed by atoms with Crippen molar-refractivity contribution in [2.75, 3.05) is 38.5 Å². The Bertz CT molecular complexity index is 383. The van der Waals surface area contributed by atoms with Crippen LogP contribution in [0.5, 0.6) is 11.5 Å². The predicted octanol–water partition coefficient (Wildman–Crippen LogP) is 2.12. The highest BCUT2D eigenvalue weighted by Crippen LogP contribution is 2.35. The maximum atomic E-state index is 5.96. The molecule has 0 heterocycles. The molecule has 1 rings (SSSR count). The smallest absolute Gasteiger partial charge is 0.162 e. The number of methoxy groups -OCH3 is 2. The van der Waals surface area contributed by atoms with Gasteiger partial charge in [-0.25, -0.2) is 0 Å². The van der Waals surface area contributed by atoms with Gasteiger partial charge in [0, 0.05) is 24.8 Å². The van der Waals surface area contributed by atoms with Crippen LogP contribution in [0, 0.1) is 0 Å². The summed E-state index contributed by atoms with van der Waals surface area (Å²) in [5.41, 5.74) is 7.40. The van der Waals surface area contributed by atoms with Gasteiger partial charge in [0.2, 0.25) is 0 Å². The molecular weight excluding hydrogens is 232 g/mol. The summed E-state index contributed by atoms with van der Waals surface area (Å²) < 4.78 is 15.8. The fourth-order valence-electron chi connectivity index (χ4n) is 1.62. The Morgan fingerprint density at radius 1 is 1.22 bits per heavy atom. The largest absolute Gasteiger partial charge is 0.493 e. The van der Waals surface area contributed by atoms with Gasteiger partial charge in [0.05, 0.1) is 32.2 Å².